The Labute approximate surface area is 156 Å². The molecule has 25 heavy (non-hydrogen) atoms. The summed E-state index contributed by atoms with van der Waals surface area (Å²) < 4.78 is 10.6. The van der Waals surface area contributed by atoms with Crippen LogP contribution in [0.2, 0.25) is 10.0 Å². The SMILES string of the molecule is COc1cc(C#N)ccc1OCC(=O)N[C@H](C)c1ccc(Cl)c(Cl)c1. The summed E-state index contributed by atoms with van der Waals surface area (Å²) in [6.45, 7) is 1.65. The number of nitriles is 1. The average Bonchev–Trinajstić information content (AvgIpc) is 2.61. The molecule has 0 aliphatic heterocycles. The Morgan fingerprint density at radius 1 is 1.20 bits per heavy atom. The Balaban J connectivity index is 1.96. The van der Waals surface area contributed by atoms with Crippen LogP contribution in [-0.4, -0.2) is 19.6 Å². The Bertz CT molecular complexity index is 818. The summed E-state index contributed by atoms with van der Waals surface area (Å²) in [5.74, 6) is 0.480. The molecule has 0 saturated carbocycles. The molecule has 0 spiro atoms. The Morgan fingerprint density at radius 2 is 1.96 bits per heavy atom. The number of nitrogens with zero attached hydrogens (tertiary/aromatic N) is 1. The number of carbonyl (C=O) groups is 1. The molecular weight excluding hydrogens is 363 g/mol. The highest BCUT2D eigenvalue weighted by atomic mass is 35.5. The van der Waals surface area contributed by atoms with Crippen LogP contribution in [-0.2, 0) is 4.79 Å². The van der Waals surface area contributed by atoms with E-state index in [4.69, 9.17) is 37.9 Å². The van der Waals surface area contributed by atoms with Crippen molar-refractivity contribution in [1.29, 1.82) is 5.26 Å². The number of nitrogens with one attached hydrogen (secondary N) is 1. The monoisotopic (exact) mass is 378 g/mol. The quantitative estimate of drug-likeness (QED) is 0.819. The van der Waals surface area contributed by atoms with Crippen LogP contribution < -0.4 is 14.8 Å². The second-order valence-electron chi connectivity index (χ2n) is 5.23. The molecule has 0 fully saturated rings. The molecule has 2 aromatic carbocycles. The van der Waals surface area contributed by atoms with Crippen LogP contribution in [0.3, 0.4) is 0 Å². The van der Waals surface area contributed by atoms with Gasteiger partial charge in [0, 0.05) is 6.07 Å². The van der Waals surface area contributed by atoms with Gasteiger partial charge in [-0.25, -0.2) is 0 Å². The van der Waals surface area contributed by atoms with Crippen LogP contribution in [0, 0.1) is 11.3 Å². The highest BCUT2D eigenvalue weighted by Crippen LogP contribution is 2.28. The van der Waals surface area contributed by atoms with E-state index >= 15 is 0 Å². The normalized spacial score (nSPS) is 11.3. The lowest BCUT2D eigenvalue weighted by Gasteiger charge is -2.16. The van der Waals surface area contributed by atoms with Gasteiger partial charge in [-0.1, -0.05) is 29.3 Å². The van der Waals surface area contributed by atoms with E-state index in [1.165, 1.54) is 7.11 Å². The van der Waals surface area contributed by atoms with Crippen molar-refractivity contribution in [3.63, 3.8) is 0 Å². The number of ether oxygens (including phenoxy) is 2. The Morgan fingerprint density at radius 3 is 2.60 bits per heavy atom. The highest BCUT2D eigenvalue weighted by Gasteiger charge is 2.13. The van der Waals surface area contributed by atoms with Crippen molar-refractivity contribution in [2.45, 2.75) is 13.0 Å². The maximum Gasteiger partial charge on any atom is 0.258 e. The predicted molar refractivity (Wildman–Crippen MR) is 96.2 cm³/mol. The number of methoxy groups -OCH3 is 1. The molecule has 1 N–H and O–H groups in total. The smallest absolute Gasteiger partial charge is 0.258 e. The van der Waals surface area contributed by atoms with Crippen molar-refractivity contribution >= 4 is 29.1 Å². The lowest BCUT2D eigenvalue weighted by Crippen LogP contribution is -2.31. The molecule has 2 aromatic rings. The van der Waals surface area contributed by atoms with E-state index in [2.05, 4.69) is 5.32 Å². The zero-order valence-electron chi connectivity index (χ0n) is 13.7. The molecule has 0 aromatic heterocycles. The second-order valence-corrected chi connectivity index (χ2v) is 6.04. The van der Waals surface area contributed by atoms with Crippen molar-refractivity contribution < 1.29 is 14.3 Å². The van der Waals surface area contributed by atoms with Gasteiger partial charge in [0.2, 0.25) is 0 Å². The number of benzene rings is 2. The predicted octanol–water partition coefficient (Wildman–Crippen LogP) is 4.13. The van der Waals surface area contributed by atoms with Gasteiger partial charge in [-0.3, -0.25) is 4.79 Å². The fourth-order valence-corrected chi connectivity index (χ4v) is 2.45. The summed E-state index contributed by atoms with van der Waals surface area (Å²) in [4.78, 5) is 12.1. The van der Waals surface area contributed by atoms with Gasteiger partial charge in [0.15, 0.2) is 18.1 Å². The van der Waals surface area contributed by atoms with E-state index in [1.54, 1.807) is 36.4 Å². The van der Waals surface area contributed by atoms with E-state index in [1.807, 2.05) is 13.0 Å². The molecule has 0 saturated heterocycles. The van der Waals surface area contributed by atoms with Crippen molar-refractivity contribution in [3.8, 4) is 17.6 Å². The zero-order valence-corrected chi connectivity index (χ0v) is 15.2. The minimum absolute atomic E-state index is 0.187. The number of carbonyl (C=O) groups excluding carboxylic acids is 1. The summed E-state index contributed by atoms with van der Waals surface area (Å²) in [5, 5.41) is 12.6. The molecule has 0 bridgehead atoms. The summed E-state index contributed by atoms with van der Waals surface area (Å²) in [6.07, 6.45) is 0. The first-order valence-corrected chi connectivity index (χ1v) is 8.15. The van der Waals surface area contributed by atoms with Crippen molar-refractivity contribution in [2.24, 2.45) is 0 Å². The van der Waals surface area contributed by atoms with Gasteiger partial charge >= 0.3 is 0 Å². The third kappa shape index (κ3) is 5.02. The second kappa shape index (κ2) is 8.61. The third-order valence-corrected chi connectivity index (χ3v) is 4.21. The lowest BCUT2D eigenvalue weighted by atomic mass is 10.1. The molecule has 0 unspecified atom stereocenters. The summed E-state index contributed by atoms with van der Waals surface area (Å²) in [7, 11) is 1.47. The number of hydrogen-bond donors (Lipinski definition) is 1. The fourth-order valence-electron chi connectivity index (χ4n) is 2.15. The topological polar surface area (TPSA) is 71.3 Å². The molecule has 5 nitrogen and oxygen atoms in total. The van der Waals surface area contributed by atoms with E-state index in [0.29, 0.717) is 27.1 Å². The Hall–Kier alpha value is -2.42. The number of rotatable bonds is 6. The van der Waals surface area contributed by atoms with Crippen LogP contribution in [0.15, 0.2) is 36.4 Å². The van der Waals surface area contributed by atoms with Crippen LogP contribution in [0.5, 0.6) is 11.5 Å². The van der Waals surface area contributed by atoms with Gasteiger partial charge in [0.1, 0.15) is 0 Å². The van der Waals surface area contributed by atoms with Crippen molar-refractivity contribution in [3.05, 3.63) is 57.6 Å². The summed E-state index contributed by atoms with van der Waals surface area (Å²) >= 11 is 11.9. The molecule has 0 heterocycles. The molecule has 130 valence electrons. The average molecular weight is 379 g/mol. The van der Waals surface area contributed by atoms with Gasteiger partial charge < -0.3 is 14.8 Å². The number of amides is 1. The van der Waals surface area contributed by atoms with E-state index < -0.39 is 0 Å². The number of halogens is 2. The molecule has 2 rings (SSSR count). The minimum atomic E-state index is -0.301. The van der Waals surface area contributed by atoms with Crippen LogP contribution >= 0.6 is 23.2 Å². The maximum absolute atomic E-state index is 12.1. The van der Waals surface area contributed by atoms with Gasteiger partial charge in [-0.15, -0.1) is 0 Å². The van der Waals surface area contributed by atoms with E-state index in [0.717, 1.165) is 5.56 Å². The van der Waals surface area contributed by atoms with Crippen LogP contribution in [0.4, 0.5) is 0 Å². The largest absolute Gasteiger partial charge is 0.493 e. The number of hydrogen-bond acceptors (Lipinski definition) is 4. The zero-order chi connectivity index (χ0) is 18.4. The van der Waals surface area contributed by atoms with E-state index in [9.17, 15) is 4.79 Å². The van der Waals surface area contributed by atoms with Gasteiger partial charge in [0.05, 0.1) is 34.8 Å². The summed E-state index contributed by atoms with van der Waals surface area (Å²) in [5.41, 5.74) is 1.28. The van der Waals surface area contributed by atoms with E-state index in [-0.39, 0.29) is 18.6 Å². The van der Waals surface area contributed by atoms with Crippen molar-refractivity contribution in [1.82, 2.24) is 5.32 Å². The van der Waals surface area contributed by atoms with Gasteiger partial charge in [0.25, 0.3) is 5.91 Å². The first kappa shape index (κ1) is 18.9. The molecule has 7 heteroatoms. The molecule has 1 amide bonds. The summed E-state index contributed by atoms with van der Waals surface area (Å²) in [6, 6.07) is 11.7. The molecule has 0 aliphatic carbocycles. The molecule has 0 radical (unpaired) electrons. The van der Waals surface area contributed by atoms with Crippen molar-refractivity contribution in [2.75, 3.05) is 13.7 Å². The van der Waals surface area contributed by atoms with Crippen LogP contribution in [0.1, 0.15) is 24.1 Å². The molecule has 1 atom stereocenters. The lowest BCUT2D eigenvalue weighted by molar-refractivity contribution is -0.123. The standard InChI is InChI=1S/C18H16Cl2N2O3/c1-11(13-4-5-14(19)15(20)8-13)22-18(23)10-25-16-6-3-12(9-21)7-17(16)24-2/h3-8,11H,10H2,1-2H3,(H,22,23)/t11-/m1/s1. The maximum atomic E-state index is 12.1. The highest BCUT2D eigenvalue weighted by molar-refractivity contribution is 6.42. The first-order valence-electron chi connectivity index (χ1n) is 7.40. The minimum Gasteiger partial charge on any atom is -0.493 e. The van der Waals surface area contributed by atoms with Gasteiger partial charge in [-0.2, -0.15) is 5.26 Å². The van der Waals surface area contributed by atoms with Gasteiger partial charge in [-0.05, 0) is 36.8 Å². The Kier molecular flexibility index (Phi) is 6.51. The van der Waals surface area contributed by atoms with Crippen LogP contribution in [0.25, 0.3) is 0 Å². The molecular formula is C18H16Cl2N2O3. The fraction of sp³-hybridized carbons (Fsp3) is 0.222. The first-order chi connectivity index (χ1) is 11.9. The third-order valence-electron chi connectivity index (χ3n) is 3.47. The molecule has 0 aliphatic rings.